The lowest BCUT2D eigenvalue weighted by molar-refractivity contribution is 0.264. The summed E-state index contributed by atoms with van der Waals surface area (Å²) in [6.45, 7) is 6.13. The largest absolute Gasteiger partial charge is 0.373 e. The van der Waals surface area contributed by atoms with Gasteiger partial charge in [0.25, 0.3) is 0 Å². The number of hydrogen-bond acceptors (Lipinski definition) is 4. The van der Waals surface area contributed by atoms with Gasteiger partial charge in [-0.3, -0.25) is 4.90 Å². The first kappa shape index (κ1) is 17.6. The Bertz CT molecular complexity index is 747. The Kier molecular flexibility index (Phi) is 5.80. The molecule has 0 radical (unpaired) electrons. The number of hydrogen-bond donors (Lipinski definition) is 0. The summed E-state index contributed by atoms with van der Waals surface area (Å²) in [4.78, 5) is 7.10. The highest BCUT2D eigenvalue weighted by Gasteiger charge is 2.17. The third-order valence-corrected chi connectivity index (χ3v) is 4.95. The molecule has 0 bridgehead atoms. The monoisotopic (exact) mass is 354 g/mol. The predicted octanol–water partition coefficient (Wildman–Crippen LogP) is 3.47. The second-order valence-electron chi connectivity index (χ2n) is 6.39. The molecule has 0 N–H and O–H groups in total. The van der Waals surface area contributed by atoms with Gasteiger partial charge < -0.3 is 9.80 Å². The van der Waals surface area contributed by atoms with E-state index in [0.717, 1.165) is 50.0 Å². The van der Waals surface area contributed by atoms with Gasteiger partial charge >= 0.3 is 0 Å². The van der Waals surface area contributed by atoms with Crippen LogP contribution in [-0.4, -0.2) is 51.2 Å². The van der Waals surface area contributed by atoms with Gasteiger partial charge in [-0.05, 0) is 36.4 Å². The first-order valence-electron chi connectivity index (χ1n) is 8.60. The van der Waals surface area contributed by atoms with Crippen molar-refractivity contribution in [3.05, 3.63) is 59.1 Å². The highest BCUT2D eigenvalue weighted by atomic mass is 35.5. The predicted molar refractivity (Wildman–Crippen MR) is 105 cm³/mol. The molecule has 3 rings (SSSR count). The van der Waals surface area contributed by atoms with Crippen LogP contribution in [0.25, 0.3) is 0 Å². The van der Waals surface area contributed by atoms with Crippen molar-refractivity contribution in [3.63, 3.8) is 0 Å². The fourth-order valence-electron chi connectivity index (χ4n) is 3.14. The standard InChI is InChI=1S/C20H23ClN4/c1-23(19-6-2-4-17(14-19)16-22)8-9-24-10-12-25(13-11-24)20-7-3-5-18(21)15-20/h2-7,14-15H,8-13H2,1H3. The van der Waals surface area contributed by atoms with E-state index in [1.807, 2.05) is 36.4 Å². The molecule has 1 aliphatic heterocycles. The van der Waals surface area contributed by atoms with Crippen LogP contribution in [0.3, 0.4) is 0 Å². The molecule has 5 heteroatoms. The SMILES string of the molecule is CN(CCN1CCN(c2cccc(Cl)c2)CC1)c1cccc(C#N)c1. The third-order valence-electron chi connectivity index (χ3n) is 4.71. The van der Waals surface area contributed by atoms with Gasteiger partial charge in [-0.15, -0.1) is 0 Å². The van der Waals surface area contributed by atoms with Gasteiger partial charge in [0.15, 0.2) is 0 Å². The van der Waals surface area contributed by atoms with Gasteiger partial charge in [-0.1, -0.05) is 23.7 Å². The van der Waals surface area contributed by atoms with Crippen LogP contribution in [0.5, 0.6) is 0 Å². The Morgan fingerprint density at radius 2 is 1.84 bits per heavy atom. The molecule has 1 heterocycles. The Morgan fingerprint density at radius 3 is 2.56 bits per heavy atom. The lowest BCUT2D eigenvalue weighted by Crippen LogP contribution is -2.48. The smallest absolute Gasteiger partial charge is 0.0992 e. The van der Waals surface area contributed by atoms with Gasteiger partial charge in [0.2, 0.25) is 0 Å². The summed E-state index contributed by atoms with van der Waals surface area (Å²) in [5, 5.41) is 9.82. The van der Waals surface area contributed by atoms with Gasteiger partial charge in [0, 0.05) is 62.7 Å². The summed E-state index contributed by atoms with van der Waals surface area (Å²) in [5.41, 5.74) is 3.01. The first-order chi connectivity index (χ1) is 12.2. The quantitative estimate of drug-likeness (QED) is 0.823. The van der Waals surface area contributed by atoms with E-state index in [2.05, 4.69) is 39.9 Å². The zero-order chi connectivity index (χ0) is 17.6. The molecule has 25 heavy (non-hydrogen) atoms. The molecule has 0 saturated carbocycles. The minimum atomic E-state index is 0.708. The van der Waals surface area contributed by atoms with Crippen molar-refractivity contribution in [1.29, 1.82) is 5.26 Å². The van der Waals surface area contributed by atoms with Gasteiger partial charge in [-0.2, -0.15) is 5.26 Å². The molecule has 0 spiro atoms. The van der Waals surface area contributed by atoms with E-state index in [1.54, 1.807) is 0 Å². The van der Waals surface area contributed by atoms with Crippen molar-refractivity contribution in [1.82, 2.24) is 4.90 Å². The number of anilines is 2. The molecule has 1 fully saturated rings. The molecule has 0 atom stereocenters. The Hall–Kier alpha value is -2.22. The second kappa shape index (κ2) is 8.24. The van der Waals surface area contributed by atoms with E-state index in [1.165, 1.54) is 5.69 Å². The highest BCUT2D eigenvalue weighted by molar-refractivity contribution is 6.30. The van der Waals surface area contributed by atoms with Crippen molar-refractivity contribution in [2.24, 2.45) is 0 Å². The molecule has 130 valence electrons. The molecule has 4 nitrogen and oxygen atoms in total. The fourth-order valence-corrected chi connectivity index (χ4v) is 3.32. The summed E-state index contributed by atoms with van der Waals surface area (Å²) in [5.74, 6) is 0. The fraction of sp³-hybridized carbons (Fsp3) is 0.350. The van der Waals surface area contributed by atoms with Crippen LogP contribution >= 0.6 is 11.6 Å². The van der Waals surface area contributed by atoms with E-state index >= 15 is 0 Å². The lowest BCUT2D eigenvalue weighted by atomic mass is 10.2. The molecule has 1 aliphatic rings. The lowest BCUT2D eigenvalue weighted by Gasteiger charge is -2.37. The van der Waals surface area contributed by atoms with Gasteiger partial charge in [-0.25, -0.2) is 0 Å². The number of piperazine rings is 1. The molecular formula is C20H23ClN4. The molecule has 0 amide bonds. The molecule has 0 aliphatic carbocycles. The molecule has 1 saturated heterocycles. The second-order valence-corrected chi connectivity index (χ2v) is 6.83. The Labute approximate surface area is 154 Å². The summed E-state index contributed by atoms with van der Waals surface area (Å²) >= 11 is 6.09. The zero-order valence-corrected chi connectivity index (χ0v) is 15.3. The number of likely N-dealkylation sites (N-methyl/N-ethyl adjacent to an activating group) is 1. The van der Waals surface area contributed by atoms with E-state index in [0.29, 0.717) is 5.56 Å². The van der Waals surface area contributed by atoms with Crippen LogP contribution in [0, 0.1) is 11.3 Å². The van der Waals surface area contributed by atoms with Crippen LogP contribution < -0.4 is 9.80 Å². The van der Waals surface area contributed by atoms with E-state index in [4.69, 9.17) is 16.9 Å². The minimum Gasteiger partial charge on any atom is -0.373 e. The average molecular weight is 355 g/mol. The normalized spacial score (nSPS) is 15.0. The Balaban J connectivity index is 1.48. The van der Waals surface area contributed by atoms with Crippen LogP contribution in [0.4, 0.5) is 11.4 Å². The van der Waals surface area contributed by atoms with E-state index in [9.17, 15) is 0 Å². The molecule has 0 aromatic heterocycles. The topological polar surface area (TPSA) is 33.5 Å². The summed E-state index contributed by atoms with van der Waals surface area (Å²) in [6, 6.07) is 18.1. The van der Waals surface area contributed by atoms with E-state index in [-0.39, 0.29) is 0 Å². The van der Waals surface area contributed by atoms with Crippen molar-refractivity contribution < 1.29 is 0 Å². The molecular weight excluding hydrogens is 332 g/mol. The van der Waals surface area contributed by atoms with E-state index < -0.39 is 0 Å². The maximum absolute atomic E-state index is 9.02. The highest BCUT2D eigenvalue weighted by Crippen LogP contribution is 2.21. The van der Waals surface area contributed by atoms with Crippen LogP contribution in [-0.2, 0) is 0 Å². The number of benzene rings is 2. The van der Waals surface area contributed by atoms with Gasteiger partial charge in [0.05, 0.1) is 11.6 Å². The van der Waals surface area contributed by atoms with Crippen LogP contribution in [0.15, 0.2) is 48.5 Å². The van der Waals surface area contributed by atoms with Crippen LogP contribution in [0.2, 0.25) is 5.02 Å². The third kappa shape index (κ3) is 4.66. The van der Waals surface area contributed by atoms with Gasteiger partial charge in [0.1, 0.15) is 0 Å². The van der Waals surface area contributed by atoms with Crippen molar-refractivity contribution in [2.45, 2.75) is 0 Å². The van der Waals surface area contributed by atoms with Crippen LogP contribution in [0.1, 0.15) is 5.56 Å². The number of rotatable bonds is 5. The first-order valence-corrected chi connectivity index (χ1v) is 8.98. The molecule has 2 aromatic rings. The molecule has 0 unspecified atom stereocenters. The average Bonchev–Trinajstić information content (AvgIpc) is 2.66. The maximum atomic E-state index is 9.02. The summed E-state index contributed by atoms with van der Waals surface area (Å²) in [7, 11) is 2.08. The Morgan fingerprint density at radius 1 is 1.08 bits per heavy atom. The summed E-state index contributed by atoms with van der Waals surface area (Å²) in [6.07, 6.45) is 0. The van der Waals surface area contributed by atoms with Crippen molar-refractivity contribution >= 4 is 23.0 Å². The number of halogens is 1. The summed E-state index contributed by atoms with van der Waals surface area (Å²) < 4.78 is 0. The molecule has 2 aromatic carbocycles. The number of nitrogens with zero attached hydrogens (tertiary/aromatic N) is 4. The minimum absolute atomic E-state index is 0.708. The number of nitriles is 1. The van der Waals surface area contributed by atoms with Crippen molar-refractivity contribution in [2.75, 3.05) is 56.1 Å². The zero-order valence-electron chi connectivity index (χ0n) is 14.5. The van der Waals surface area contributed by atoms with Crippen molar-refractivity contribution in [3.8, 4) is 6.07 Å². The maximum Gasteiger partial charge on any atom is 0.0992 e.